The average Bonchev–Trinajstić information content (AvgIpc) is 2.73. The topological polar surface area (TPSA) is 49.0 Å². The van der Waals surface area contributed by atoms with Crippen molar-refractivity contribution >= 4 is 11.0 Å². The Kier molecular flexibility index (Phi) is 3.16. The molecule has 0 amide bonds. The van der Waals surface area contributed by atoms with Crippen LogP contribution >= 0.6 is 0 Å². The smallest absolute Gasteiger partial charge is 0.134 e. The lowest BCUT2D eigenvalue weighted by Crippen LogP contribution is -2.38. The average molecular weight is 228 g/mol. The highest BCUT2D eigenvalue weighted by atomic mass is 16.3. The maximum Gasteiger partial charge on any atom is 0.134 e. The fourth-order valence-corrected chi connectivity index (χ4v) is 1.78. The van der Waals surface area contributed by atoms with Gasteiger partial charge in [-0.25, -0.2) is 0 Å². The van der Waals surface area contributed by atoms with Gasteiger partial charge in [-0.15, -0.1) is 0 Å². The van der Waals surface area contributed by atoms with Crippen molar-refractivity contribution < 1.29 is 4.42 Å². The minimum Gasteiger partial charge on any atom is -0.464 e. The Labute approximate surface area is 101 Å². The first-order valence-corrected chi connectivity index (χ1v) is 5.74. The van der Waals surface area contributed by atoms with E-state index < -0.39 is 5.54 Å². The third kappa shape index (κ3) is 2.66. The van der Waals surface area contributed by atoms with Gasteiger partial charge in [-0.05, 0) is 31.9 Å². The van der Waals surface area contributed by atoms with Crippen LogP contribution in [0.1, 0.15) is 19.4 Å². The van der Waals surface area contributed by atoms with E-state index in [-0.39, 0.29) is 0 Å². The minimum atomic E-state index is -0.473. The van der Waals surface area contributed by atoms with Gasteiger partial charge in [0.1, 0.15) is 11.1 Å². The standard InChI is InChI=1S/C14H16N2O/c1-14(2,10-15)16-8-7-11-9-17-13-6-4-3-5-12(11)13/h3-6,9,16H,7-8H2,1-2H3. The zero-order chi connectivity index (χ0) is 12.3. The van der Waals surface area contributed by atoms with Crippen molar-refractivity contribution in [2.75, 3.05) is 6.54 Å². The molecule has 0 spiro atoms. The monoisotopic (exact) mass is 228 g/mol. The Morgan fingerprint density at radius 3 is 2.88 bits per heavy atom. The minimum absolute atomic E-state index is 0.473. The number of nitrogens with zero attached hydrogens (tertiary/aromatic N) is 1. The van der Waals surface area contributed by atoms with E-state index in [4.69, 9.17) is 9.68 Å². The van der Waals surface area contributed by atoms with Gasteiger partial charge in [0.25, 0.3) is 0 Å². The molecule has 0 aliphatic heterocycles. The van der Waals surface area contributed by atoms with Gasteiger partial charge in [-0.2, -0.15) is 5.26 Å². The molecule has 1 aromatic carbocycles. The summed E-state index contributed by atoms with van der Waals surface area (Å²) in [4.78, 5) is 0. The first-order chi connectivity index (χ1) is 8.12. The van der Waals surface area contributed by atoms with Gasteiger partial charge >= 0.3 is 0 Å². The van der Waals surface area contributed by atoms with E-state index in [2.05, 4.69) is 17.5 Å². The number of rotatable bonds is 4. The van der Waals surface area contributed by atoms with Crippen LogP contribution < -0.4 is 5.32 Å². The van der Waals surface area contributed by atoms with Crippen molar-refractivity contribution in [2.24, 2.45) is 0 Å². The van der Waals surface area contributed by atoms with Gasteiger partial charge < -0.3 is 4.42 Å². The van der Waals surface area contributed by atoms with Gasteiger partial charge in [0.2, 0.25) is 0 Å². The van der Waals surface area contributed by atoms with Crippen LogP contribution in [0.15, 0.2) is 34.9 Å². The second-order valence-electron chi connectivity index (χ2n) is 4.67. The third-order valence-electron chi connectivity index (χ3n) is 2.80. The Hall–Kier alpha value is -1.79. The Bertz CT molecular complexity index is 549. The lowest BCUT2D eigenvalue weighted by Gasteiger charge is -2.16. The van der Waals surface area contributed by atoms with E-state index in [1.165, 1.54) is 5.56 Å². The summed E-state index contributed by atoms with van der Waals surface area (Å²) in [5.41, 5.74) is 1.63. The fraction of sp³-hybridized carbons (Fsp3) is 0.357. The maximum atomic E-state index is 8.89. The molecule has 17 heavy (non-hydrogen) atoms. The molecule has 2 aromatic rings. The predicted molar refractivity (Wildman–Crippen MR) is 67.6 cm³/mol. The molecule has 0 radical (unpaired) electrons. The number of para-hydroxylation sites is 1. The Morgan fingerprint density at radius 1 is 1.35 bits per heavy atom. The van der Waals surface area contributed by atoms with Crippen LogP contribution in [0, 0.1) is 11.3 Å². The summed E-state index contributed by atoms with van der Waals surface area (Å²) in [6, 6.07) is 10.2. The summed E-state index contributed by atoms with van der Waals surface area (Å²) in [6.45, 7) is 4.52. The predicted octanol–water partition coefficient (Wildman–Crippen LogP) is 2.87. The molecule has 1 heterocycles. The number of nitrogens with one attached hydrogen (secondary N) is 1. The number of hydrogen-bond acceptors (Lipinski definition) is 3. The summed E-state index contributed by atoms with van der Waals surface area (Å²) >= 11 is 0. The van der Waals surface area contributed by atoms with Crippen LogP contribution in [-0.4, -0.2) is 12.1 Å². The van der Waals surface area contributed by atoms with Gasteiger partial charge in [-0.1, -0.05) is 18.2 Å². The van der Waals surface area contributed by atoms with Crippen LogP contribution in [0.25, 0.3) is 11.0 Å². The SMILES string of the molecule is CC(C)(C#N)NCCc1coc2ccccc12. The Balaban J connectivity index is 2.03. The third-order valence-corrected chi connectivity index (χ3v) is 2.80. The van der Waals surface area contributed by atoms with E-state index in [0.29, 0.717) is 0 Å². The van der Waals surface area contributed by atoms with Crippen molar-refractivity contribution in [3.63, 3.8) is 0 Å². The quantitative estimate of drug-likeness (QED) is 0.875. The summed E-state index contributed by atoms with van der Waals surface area (Å²) in [5.74, 6) is 0. The summed E-state index contributed by atoms with van der Waals surface area (Å²) in [5, 5.41) is 13.3. The van der Waals surface area contributed by atoms with E-state index in [1.54, 1.807) is 6.26 Å². The van der Waals surface area contributed by atoms with Gasteiger partial charge in [0.05, 0.1) is 12.3 Å². The number of fused-ring (bicyclic) bond motifs is 1. The number of nitriles is 1. The van der Waals surface area contributed by atoms with Crippen LogP contribution in [-0.2, 0) is 6.42 Å². The highest BCUT2D eigenvalue weighted by Gasteiger charge is 2.15. The van der Waals surface area contributed by atoms with Gasteiger partial charge in [-0.3, -0.25) is 5.32 Å². The zero-order valence-electron chi connectivity index (χ0n) is 10.2. The Morgan fingerprint density at radius 2 is 2.12 bits per heavy atom. The molecule has 0 aliphatic rings. The van der Waals surface area contributed by atoms with Crippen LogP contribution in [0.5, 0.6) is 0 Å². The molecular formula is C14H16N2O. The molecule has 1 aromatic heterocycles. The normalized spacial score (nSPS) is 11.6. The summed E-state index contributed by atoms with van der Waals surface area (Å²) < 4.78 is 5.47. The van der Waals surface area contributed by atoms with Crippen molar-refractivity contribution in [1.29, 1.82) is 5.26 Å². The maximum absolute atomic E-state index is 8.89. The molecule has 3 nitrogen and oxygen atoms in total. The molecule has 2 rings (SSSR count). The number of furan rings is 1. The lowest BCUT2D eigenvalue weighted by molar-refractivity contribution is 0.489. The highest BCUT2D eigenvalue weighted by Crippen LogP contribution is 2.20. The van der Waals surface area contributed by atoms with Crippen LogP contribution in [0.2, 0.25) is 0 Å². The van der Waals surface area contributed by atoms with Crippen LogP contribution in [0.4, 0.5) is 0 Å². The van der Waals surface area contributed by atoms with Gasteiger partial charge in [0, 0.05) is 11.9 Å². The van der Waals surface area contributed by atoms with Crippen LogP contribution in [0.3, 0.4) is 0 Å². The molecule has 1 N–H and O–H groups in total. The van der Waals surface area contributed by atoms with E-state index in [9.17, 15) is 0 Å². The second-order valence-corrected chi connectivity index (χ2v) is 4.67. The molecule has 0 fully saturated rings. The van der Waals surface area contributed by atoms with E-state index in [1.807, 2.05) is 32.0 Å². The lowest BCUT2D eigenvalue weighted by atomic mass is 10.1. The first kappa shape index (κ1) is 11.7. The van der Waals surface area contributed by atoms with Crippen molar-refractivity contribution in [3.05, 3.63) is 36.1 Å². The molecule has 0 saturated carbocycles. The number of benzene rings is 1. The molecule has 0 bridgehead atoms. The molecule has 0 aliphatic carbocycles. The molecule has 3 heteroatoms. The van der Waals surface area contributed by atoms with E-state index in [0.717, 1.165) is 23.9 Å². The van der Waals surface area contributed by atoms with E-state index >= 15 is 0 Å². The first-order valence-electron chi connectivity index (χ1n) is 5.74. The largest absolute Gasteiger partial charge is 0.464 e. The molecule has 88 valence electrons. The molecule has 0 atom stereocenters. The summed E-state index contributed by atoms with van der Waals surface area (Å²) in [6.07, 6.45) is 2.66. The number of hydrogen-bond donors (Lipinski definition) is 1. The highest BCUT2D eigenvalue weighted by molar-refractivity contribution is 5.80. The van der Waals surface area contributed by atoms with Crippen molar-refractivity contribution in [1.82, 2.24) is 5.32 Å². The zero-order valence-corrected chi connectivity index (χ0v) is 10.2. The molecular weight excluding hydrogens is 212 g/mol. The van der Waals surface area contributed by atoms with Gasteiger partial charge in [0.15, 0.2) is 0 Å². The van der Waals surface area contributed by atoms with Crippen molar-refractivity contribution in [2.45, 2.75) is 25.8 Å². The molecule has 0 unspecified atom stereocenters. The summed E-state index contributed by atoms with van der Waals surface area (Å²) in [7, 11) is 0. The van der Waals surface area contributed by atoms with Crippen molar-refractivity contribution in [3.8, 4) is 6.07 Å². The second kappa shape index (κ2) is 4.60. The fourth-order valence-electron chi connectivity index (χ4n) is 1.78. The molecule has 0 saturated heterocycles.